The minimum absolute atomic E-state index is 0.0528. The van der Waals surface area contributed by atoms with Gasteiger partial charge in [-0.2, -0.15) is 0 Å². The standard InChI is InChI=1S/C21H31N5O/c1-4-19(23-21(20(27)24(2)3)11-8-12-22-17-21)26-15-13-25(14-16-26)18-9-6-5-7-10-18/h5-12,19,23H,4,13-17H2,1-3H3. The molecule has 1 aromatic rings. The molecule has 2 heterocycles. The second-order valence-electron chi connectivity index (χ2n) is 7.45. The van der Waals surface area contributed by atoms with Crippen LogP contribution < -0.4 is 10.2 Å². The van der Waals surface area contributed by atoms with Crippen molar-refractivity contribution in [3.05, 3.63) is 42.5 Å². The number of rotatable bonds is 6. The Morgan fingerprint density at radius 2 is 1.93 bits per heavy atom. The van der Waals surface area contributed by atoms with Gasteiger partial charge in [0, 0.05) is 52.2 Å². The van der Waals surface area contributed by atoms with Crippen molar-refractivity contribution in [2.24, 2.45) is 4.99 Å². The summed E-state index contributed by atoms with van der Waals surface area (Å²) in [6.45, 7) is 6.54. The number of hydrogen-bond acceptors (Lipinski definition) is 5. The Labute approximate surface area is 162 Å². The molecule has 27 heavy (non-hydrogen) atoms. The van der Waals surface area contributed by atoms with Crippen LogP contribution in [-0.4, -0.2) is 80.4 Å². The number of para-hydroxylation sites is 1. The second-order valence-corrected chi connectivity index (χ2v) is 7.45. The molecule has 0 aromatic heterocycles. The van der Waals surface area contributed by atoms with Crippen LogP contribution in [0.5, 0.6) is 0 Å². The molecule has 0 radical (unpaired) electrons. The molecule has 2 aliphatic heterocycles. The molecule has 2 unspecified atom stereocenters. The maximum absolute atomic E-state index is 12.9. The van der Waals surface area contributed by atoms with Gasteiger partial charge >= 0.3 is 0 Å². The highest BCUT2D eigenvalue weighted by Gasteiger charge is 2.40. The summed E-state index contributed by atoms with van der Waals surface area (Å²) in [5, 5.41) is 3.64. The van der Waals surface area contributed by atoms with Crippen molar-refractivity contribution in [1.82, 2.24) is 15.1 Å². The SMILES string of the molecule is CCC(NC1(C(=O)N(C)C)C=CC=NC1)N1CCN(c2ccccc2)CC1. The van der Waals surface area contributed by atoms with Gasteiger partial charge in [-0.05, 0) is 24.6 Å². The van der Waals surface area contributed by atoms with Gasteiger partial charge in [-0.3, -0.25) is 20.0 Å². The molecule has 6 heteroatoms. The molecule has 1 amide bonds. The predicted octanol–water partition coefficient (Wildman–Crippen LogP) is 1.60. The molecular formula is C21H31N5O. The van der Waals surface area contributed by atoms with Crippen molar-refractivity contribution in [3.8, 4) is 0 Å². The first kappa shape index (κ1) is 19.6. The van der Waals surface area contributed by atoms with Gasteiger partial charge in [0.25, 0.3) is 0 Å². The third-order valence-corrected chi connectivity index (χ3v) is 5.39. The molecule has 1 N–H and O–H groups in total. The second kappa shape index (κ2) is 8.67. The van der Waals surface area contributed by atoms with Crippen LogP contribution in [0.4, 0.5) is 5.69 Å². The number of anilines is 1. The Morgan fingerprint density at radius 1 is 1.22 bits per heavy atom. The van der Waals surface area contributed by atoms with Crippen LogP contribution in [0.15, 0.2) is 47.5 Å². The zero-order chi connectivity index (χ0) is 19.3. The number of nitrogens with zero attached hydrogens (tertiary/aromatic N) is 4. The molecule has 0 spiro atoms. The number of aliphatic imine (C=N–C) groups is 1. The highest BCUT2D eigenvalue weighted by Crippen LogP contribution is 2.20. The van der Waals surface area contributed by atoms with Crippen LogP contribution in [0, 0.1) is 0 Å². The van der Waals surface area contributed by atoms with Crippen molar-refractivity contribution >= 4 is 17.8 Å². The average Bonchev–Trinajstić information content (AvgIpc) is 2.73. The van der Waals surface area contributed by atoms with Gasteiger partial charge in [0.05, 0.1) is 12.7 Å². The van der Waals surface area contributed by atoms with Crippen molar-refractivity contribution in [2.45, 2.75) is 25.0 Å². The number of allylic oxidation sites excluding steroid dienone is 1. The first-order chi connectivity index (χ1) is 13.1. The van der Waals surface area contributed by atoms with E-state index in [0.717, 1.165) is 32.6 Å². The van der Waals surface area contributed by atoms with E-state index in [4.69, 9.17) is 0 Å². The molecular weight excluding hydrogens is 338 g/mol. The van der Waals surface area contributed by atoms with Gasteiger partial charge in [-0.1, -0.05) is 31.2 Å². The quantitative estimate of drug-likeness (QED) is 0.828. The number of likely N-dealkylation sites (N-methyl/N-ethyl adjacent to an activating group) is 1. The van der Waals surface area contributed by atoms with E-state index in [1.165, 1.54) is 5.69 Å². The van der Waals surface area contributed by atoms with E-state index in [-0.39, 0.29) is 12.1 Å². The minimum atomic E-state index is -0.754. The van der Waals surface area contributed by atoms with E-state index in [9.17, 15) is 4.79 Å². The molecule has 1 fully saturated rings. The summed E-state index contributed by atoms with van der Waals surface area (Å²) in [6.07, 6.45) is 6.68. The summed E-state index contributed by atoms with van der Waals surface area (Å²) in [5.74, 6) is 0.0528. The number of benzene rings is 1. The van der Waals surface area contributed by atoms with Gasteiger partial charge in [0.15, 0.2) is 0 Å². The van der Waals surface area contributed by atoms with Gasteiger partial charge in [0.2, 0.25) is 5.91 Å². The molecule has 0 bridgehead atoms. The molecule has 3 rings (SSSR count). The third kappa shape index (κ3) is 4.39. The fraction of sp³-hybridized carbons (Fsp3) is 0.524. The highest BCUT2D eigenvalue weighted by atomic mass is 16.2. The molecule has 6 nitrogen and oxygen atoms in total. The first-order valence-corrected chi connectivity index (χ1v) is 9.77. The largest absolute Gasteiger partial charge is 0.369 e. The summed E-state index contributed by atoms with van der Waals surface area (Å²) in [7, 11) is 3.61. The Balaban J connectivity index is 1.67. The molecule has 2 atom stereocenters. The number of hydrogen-bond donors (Lipinski definition) is 1. The number of piperazine rings is 1. The summed E-state index contributed by atoms with van der Waals surface area (Å²) >= 11 is 0. The normalized spacial score (nSPS) is 24.0. The van der Waals surface area contributed by atoms with Gasteiger partial charge in [-0.15, -0.1) is 0 Å². The maximum atomic E-state index is 12.9. The Kier molecular flexibility index (Phi) is 6.29. The van der Waals surface area contributed by atoms with Gasteiger partial charge in [0.1, 0.15) is 5.54 Å². The summed E-state index contributed by atoms with van der Waals surface area (Å²) in [4.78, 5) is 23.8. The minimum Gasteiger partial charge on any atom is -0.369 e. The van der Waals surface area contributed by atoms with E-state index in [0.29, 0.717) is 6.54 Å². The maximum Gasteiger partial charge on any atom is 0.248 e. The zero-order valence-corrected chi connectivity index (χ0v) is 16.6. The van der Waals surface area contributed by atoms with E-state index in [1.807, 2.05) is 12.2 Å². The molecule has 1 saturated heterocycles. The van der Waals surface area contributed by atoms with E-state index in [1.54, 1.807) is 25.2 Å². The van der Waals surface area contributed by atoms with E-state index in [2.05, 4.69) is 57.4 Å². The lowest BCUT2D eigenvalue weighted by Gasteiger charge is -2.44. The average molecular weight is 370 g/mol. The first-order valence-electron chi connectivity index (χ1n) is 9.77. The molecule has 146 valence electrons. The smallest absolute Gasteiger partial charge is 0.248 e. The highest BCUT2D eigenvalue weighted by molar-refractivity contribution is 5.91. The zero-order valence-electron chi connectivity index (χ0n) is 16.6. The lowest BCUT2D eigenvalue weighted by Crippen LogP contribution is -2.65. The Morgan fingerprint density at radius 3 is 2.48 bits per heavy atom. The van der Waals surface area contributed by atoms with Crippen molar-refractivity contribution in [1.29, 1.82) is 0 Å². The molecule has 2 aliphatic rings. The number of dihydropyridines is 1. The monoisotopic (exact) mass is 369 g/mol. The number of carbonyl (C=O) groups excluding carboxylic acids is 1. The molecule has 0 aliphatic carbocycles. The van der Waals surface area contributed by atoms with Crippen LogP contribution >= 0.6 is 0 Å². The summed E-state index contributed by atoms with van der Waals surface area (Å²) in [5.41, 5.74) is 0.525. The molecule has 0 saturated carbocycles. The topological polar surface area (TPSA) is 51.2 Å². The van der Waals surface area contributed by atoms with Crippen molar-refractivity contribution < 1.29 is 4.79 Å². The van der Waals surface area contributed by atoms with E-state index < -0.39 is 5.54 Å². The van der Waals surface area contributed by atoms with Crippen molar-refractivity contribution in [2.75, 3.05) is 51.7 Å². The predicted molar refractivity (Wildman–Crippen MR) is 111 cm³/mol. The van der Waals surface area contributed by atoms with Crippen LogP contribution in [0.1, 0.15) is 13.3 Å². The fourth-order valence-corrected chi connectivity index (χ4v) is 3.89. The number of amides is 1. The van der Waals surface area contributed by atoms with E-state index >= 15 is 0 Å². The fourth-order valence-electron chi connectivity index (χ4n) is 3.89. The van der Waals surface area contributed by atoms with Gasteiger partial charge in [-0.25, -0.2) is 0 Å². The summed E-state index contributed by atoms with van der Waals surface area (Å²) in [6, 6.07) is 10.6. The Bertz CT molecular complexity index is 679. The number of carbonyl (C=O) groups is 1. The van der Waals surface area contributed by atoms with Crippen LogP contribution in [0.2, 0.25) is 0 Å². The third-order valence-electron chi connectivity index (χ3n) is 5.39. The number of nitrogens with one attached hydrogen (secondary N) is 1. The van der Waals surface area contributed by atoms with Crippen LogP contribution in [-0.2, 0) is 4.79 Å². The van der Waals surface area contributed by atoms with Gasteiger partial charge < -0.3 is 9.80 Å². The molecule has 1 aromatic carbocycles. The van der Waals surface area contributed by atoms with Crippen LogP contribution in [0.25, 0.3) is 0 Å². The van der Waals surface area contributed by atoms with Crippen molar-refractivity contribution in [3.63, 3.8) is 0 Å². The Hall–Kier alpha value is -2.18. The lowest BCUT2D eigenvalue weighted by molar-refractivity contribution is -0.134. The van der Waals surface area contributed by atoms with Crippen LogP contribution in [0.3, 0.4) is 0 Å². The summed E-state index contributed by atoms with van der Waals surface area (Å²) < 4.78 is 0. The lowest BCUT2D eigenvalue weighted by atomic mass is 9.94.